The standard InChI is InChI=1S/C22H23N5O2S/c1-4-16-10-12-17(13-11-16)27-15(3)24-25-22(27)30-14-20-23-21(26-29-20)18-8-6-7-9-19(18)28-5-2/h6-13H,4-5,14H2,1-3H3. The van der Waals surface area contributed by atoms with Crippen molar-refractivity contribution in [2.75, 3.05) is 6.61 Å². The van der Waals surface area contributed by atoms with E-state index in [-0.39, 0.29) is 0 Å². The second-order valence-corrected chi connectivity index (χ2v) is 7.56. The zero-order valence-electron chi connectivity index (χ0n) is 17.2. The number of aromatic nitrogens is 5. The van der Waals surface area contributed by atoms with E-state index in [1.54, 1.807) is 0 Å². The number of benzene rings is 2. The van der Waals surface area contributed by atoms with Gasteiger partial charge in [-0.2, -0.15) is 4.98 Å². The topological polar surface area (TPSA) is 78.9 Å². The first-order chi connectivity index (χ1) is 14.7. The minimum atomic E-state index is 0.495. The van der Waals surface area contributed by atoms with Crippen molar-refractivity contribution in [3.63, 3.8) is 0 Å². The first-order valence-corrected chi connectivity index (χ1v) is 10.9. The highest BCUT2D eigenvalue weighted by Gasteiger charge is 2.16. The van der Waals surface area contributed by atoms with Crippen LogP contribution >= 0.6 is 11.8 Å². The molecular formula is C22H23N5O2S. The minimum absolute atomic E-state index is 0.495. The van der Waals surface area contributed by atoms with Gasteiger partial charge in [0, 0.05) is 5.69 Å². The lowest BCUT2D eigenvalue weighted by molar-refractivity contribution is 0.341. The van der Waals surface area contributed by atoms with E-state index in [9.17, 15) is 0 Å². The highest BCUT2D eigenvalue weighted by atomic mass is 32.2. The molecule has 0 aliphatic rings. The Labute approximate surface area is 179 Å². The molecule has 0 spiro atoms. The smallest absolute Gasteiger partial charge is 0.237 e. The van der Waals surface area contributed by atoms with Crippen LogP contribution in [0.1, 0.15) is 31.1 Å². The lowest BCUT2D eigenvalue weighted by Gasteiger charge is -2.08. The van der Waals surface area contributed by atoms with Crippen LogP contribution in [-0.2, 0) is 12.2 Å². The van der Waals surface area contributed by atoms with Crippen molar-refractivity contribution in [1.29, 1.82) is 0 Å². The van der Waals surface area contributed by atoms with E-state index < -0.39 is 0 Å². The summed E-state index contributed by atoms with van der Waals surface area (Å²) >= 11 is 1.51. The molecule has 154 valence electrons. The molecule has 0 fully saturated rings. The molecule has 4 aromatic rings. The first-order valence-electron chi connectivity index (χ1n) is 9.88. The maximum Gasteiger partial charge on any atom is 0.237 e. The molecule has 8 heteroatoms. The SMILES string of the molecule is CCOc1ccccc1-c1noc(CSc2nnc(C)n2-c2ccc(CC)cc2)n1. The number of thioether (sulfide) groups is 1. The Morgan fingerprint density at radius 3 is 2.60 bits per heavy atom. The van der Waals surface area contributed by atoms with Gasteiger partial charge in [0.25, 0.3) is 0 Å². The summed E-state index contributed by atoms with van der Waals surface area (Å²) in [4.78, 5) is 4.53. The minimum Gasteiger partial charge on any atom is -0.493 e. The molecular weight excluding hydrogens is 398 g/mol. The summed E-state index contributed by atoms with van der Waals surface area (Å²) in [7, 11) is 0. The largest absolute Gasteiger partial charge is 0.493 e. The van der Waals surface area contributed by atoms with Crippen molar-refractivity contribution >= 4 is 11.8 Å². The van der Waals surface area contributed by atoms with Gasteiger partial charge in [0.1, 0.15) is 11.6 Å². The van der Waals surface area contributed by atoms with E-state index in [0.717, 1.165) is 34.4 Å². The number of ether oxygens (including phenoxy) is 1. The number of para-hydroxylation sites is 1. The summed E-state index contributed by atoms with van der Waals surface area (Å²) in [5.41, 5.74) is 3.15. The van der Waals surface area contributed by atoms with Gasteiger partial charge in [-0.25, -0.2) is 0 Å². The molecule has 0 saturated carbocycles. The van der Waals surface area contributed by atoms with Crippen LogP contribution in [0.25, 0.3) is 17.1 Å². The number of nitrogens with zero attached hydrogens (tertiary/aromatic N) is 5. The van der Waals surface area contributed by atoms with Crippen LogP contribution in [0.15, 0.2) is 58.2 Å². The number of rotatable bonds is 8. The summed E-state index contributed by atoms with van der Waals surface area (Å²) in [6.07, 6.45) is 1.01. The van der Waals surface area contributed by atoms with Crippen LogP contribution in [-0.4, -0.2) is 31.5 Å². The van der Waals surface area contributed by atoms with Crippen molar-refractivity contribution in [3.8, 4) is 22.8 Å². The molecule has 0 aliphatic carbocycles. The molecule has 2 aromatic heterocycles. The van der Waals surface area contributed by atoms with Gasteiger partial charge in [-0.3, -0.25) is 4.57 Å². The van der Waals surface area contributed by atoms with Gasteiger partial charge < -0.3 is 9.26 Å². The first kappa shape index (κ1) is 20.2. The highest BCUT2D eigenvalue weighted by Crippen LogP contribution is 2.29. The molecule has 0 radical (unpaired) electrons. The van der Waals surface area contributed by atoms with Crippen LogP contribution in [0, 0.1) is 6.92 Å². The van der Waals surface area contributed by atoms with Gasteiger partial charge in [0.15, 0.2) is 5.16 Å². The number of hydrogen-bond acceptors (Lipinski definition) is 7. The maximum absolute atomic E-state index is 5.67. The summed E-state index contributed by atoms with van der Waals surface area (Å²) < 4.78 is 13.2. The fourth-order valence-electron chi connectivity index (χ4n) is 3.10. The molecule has 0 amide bonds. The van der Waals surface area contributed by atoms with Crippen LogP contribution < -0.4 is 4.74 Å². The Morgan fingerprint density at radius 2 is 1.83 bits per heavy atom. The van der Waals surface area contributed by atoms with Crippen LogP contribution in [0.5, 0.6) is 5.75 Å². The van der Waals surface area contributed by atoms with E-state index in [1.807, 2.05) is 42.7 Å². The maximum atomic E-state index is 5.67. The fraction of sp³-hybridized carbons (Fsp3) is 0.273. The van der Waals surface area contributed by atoms with Crippen molar-refractivity contribution in [2.45, 2.75) is 38.1 Å². The molecule has 4 rings (SSSR count). The fourth-order valence-corrected chi connectivity index (χ4v) is 3.93. The average Bonchev–Trinajstić information content (AvgIpc) is 3.39. The predicted octanol–water partition coefficient (Wildman–Crippen LogP) is 4.88. The van der Waals surface area contributed by atoms with Crippen LogP contribution in [0.2, 0.25) is 0 Å². The molecule has 0 bridgehead atoms. The second-order valence-electron chi connectivity index (χ2n) is 6.61. The molecule has 2 heterocycles. The van der Waals surface area contributed by atoms with Gasteiger partial charge in [-0.05, 0) is 50.1 Å². The van der Waals surface area contributed by atoms with Gasteiger partial charge in [-0.15, -0.1) is 10.2 Å². The summed E-state index contributed by atoms with van der Waals surface area (Å²) in [6, 6.07) is 16.1. The Balaban J connectivity index is 1.52. The van der Waals surface area contributed by atoms with Crippen molar-refractivity contribution in [2.24, 2.45) is 0 Å². The number of aryl methyl sites for hydroxylation is 2. The highest BCUT2D eigenvalue weighted by molar-refractivity contribution is 7.98. The third kappa shape index (κ3) is 4.23. The molecule has 0 N–H and O–H groups in total. The Hall–Kier alpha value is -3.13. The van der Waals surface area contributed by atoms with E-state index >= 15 is 0 Å². The summed E-state index contributed by atoms with van der Waals surface area (Å²) in [5.74, 6) is 3.11. The third-order valence-electron chi connectivity index (χ3n) is 4.62. The van der Waals surface area contributed by atoms with Crippen molar-refractivity contribution in [1.82, 2.24) is 24.9 Å². The molecule has 2 aromatic carbocycles. The van der Waals surface area contributed by atoms with Crippen molar-refractivity contribution < 1.29 is 9.26 Å². The van der Waals surface area contributed by atoms with E-state index in [0.29, 0.717) is 24.1 Å². The van der Waals surface area contributed by atoms with Gasteiger partial charge in [0.2, 0.25) is 11.7 Å². The normalized spacial score (nSPS) is 11.0. The molecule has 0 aliphatic heterocycles. The molecule has 0 unspecified atom stereocenters. The average molecular weight is 422 g/mol. The Bertz CT molecular complexity index is 1120. The molecule has 0 saturated heterocycles. The quantitative estimate of drug-likeness (QED) is 0.375. The summed E-state index contributed by atoms with van der Waals surface area (Å²) in [6.45, 7) is 6.61. The Kier molecular flexibility index (Phi) is 6.13. The molecule has 7 nitrogen and oxygen atoms in total. The van der Waals surface area contributed by atoms with Crippen molar-refractivity contribution in [3.05, 3.63) is 65.8 Å². The zero-order valence-corrected chi connectivity index (χ0v) is 18.0. The van der Waals surface area contributed by atoms with E-state index in [2.05, 4.69) is 51.5 Å². The predicted molar refractivity (Wildman–Crippen MR) is 116 cm³/mol. The molecule has 0 atom stereocenters. The summed E-state index contributed by atoms with van der Waals surface area (Å²) in [5, 5.41) is 13.5. The van der Waals surface area contributed by atoms with E-state index in [1.165, 1.54) is 17.3 Å². The number of hydrogen-bond donors (Lipinski definition) is 0. The Morgan fingerprint density at radius 1 is 1.03 bits per heavy atom. The zero-order chi connectivity index (χ0) is 20.9. The molecule has 30 heavy (non-hydrogen) atoms. The monoisotopic (exact) mass is 421 g/mol. The lowest BCUT2D eigenvalue weighted by atomic mass is 10.1. The van der Waals surface area contributed by atoms with Crippen LogP contribution in [0.3, 0.4) is 0 Å². The van der Waals surface area contributed by atoms with Gasteiger partial charge >= 0.3 is 0 Å². The second kappa shape index (κ2) is 9.13. The van der Waals surface area contributed by atoms with Crippen LogP contribution in [0.4, 0.5) is 0 Å². The van der Waals surface area contributed by atoms with Gasteiger partial charge in [-0.1, -0.05) is 48.1 Å². The lowest BCUT2D eigenvalue weighted by Crippen LogP contribution is -1.99. The van der Waals surface area contributed by atoms with Gasteiger partial charge in [0.05, 0.1) is 17.9 Å². The van der Waals surface area contributed by atoms with E-state index in [4.69, 9.17) is 9.26 Å². The third-order valence-corrected chi connectivity index (χ3v) is 5.53.